The van der Waals surface area contributed by atoms with Gasteiger partial charge in [0.25, 0.3) is 0 Å². The number of aldehydes is 2. The summed E-state index contributed by atoms with van der Waals surface area (Å²) in [6.07, 6.45) is 2.00. The molecule has 1 unspecified atom stereocenters. The highest BCUT2D eigenvalue weighted by Crippen LogP contribution is 2.05. The monoisotopic (exact) mass is 516 g/mol. The highest BCUT2D eigenvalue weighted by Gasteiger charge is 2.22. The van der Waals surface area contributed by atoms with Gasteiger partial charge in [-0.1, -0.05) is 54.6 Å². The Labute approximate surface area is 216 Å². The highest BCUT2D eigenvalue weighted by atomic mass is 16.4. The molecule has 0 saturated heterocycles. The Morgan fingerprint density at radius 3 is 1.95 bits per heavy atom. The first-order valence-corrected chi connectivity index (χ1v) is 11.2. The van der Waals surface area contributed by atoms with E-state index in [1.54, 1.807) is 38.4 Å². The van der Waals surface area contributed by atoms with Gasteiger partial charge in [0.1, 0.15) is 6.04 Å². The van der Waals surface area contributed by atoms with Crippen LogP contribution in [0.1, 0.15) is 39.1 Å². The summed E-state index contributed by atoms with van der Waals surface area (Å²) >= 11 is 0. The number of hydrogen-bond acceptors (Lipinski definition) is 8. The number of guanidine groups is 1. The average molecular weight is 517 g/mol. The van der Waals surface area contributed by atoms with Gasteiger partial charge in [-0.05, 0) is 25.5 Å². The number of hydrogen-bond donors (Lipinski definition) is 7. The SMILES string of the molecule is CNN.CNN(Cc1ccccc1)C(=O)NC(CCCN=C(N)N)C(=O)O.O=Cc1ccccc1C=O. The van der Waals surface area contributed by atoms with Crippen molar-refractivity contribution in [2.45, 2.75) is 25.4 Å². The summed E-state index contributed by atoms with van der Waals surface area (Å²) < 4.78 is 0. The third-order valence-corrected chi connectivity index (χ3v) is 4.49. The lowest BCUT2D eigenvalue weighted by molar-refractivity contribution is -0.139. The second-order valence-corrected chi connectivity index (χ2v) is 7.24. The molecule has 0 aliphatic carbocycles. The fraction of sp³-hybridized carbons (Fsp3) is 0.292. The van der Waals surface area contributed by atoms with Gasteiger partial charge in [-0.15, -0.1) is 0 Å². The van der Waals surface area contributed by atoms with Crippen LogP contribution in [0.25, 0.3) is 0 Å². The molecule has 13 nitrogen and oxygen atoms in total. The van der Waals surface area contributed by atoms with Gasteiger partial charge < -0.3 is 21.9 Å². The summed E-state index contributed by atoms with van der Waals surface area (Å²) in [5, 5.41) is 13.0. The van der Waals surface area contributed by atoms with Crippen LogP contribution in [0.3, 0.4) is 0 Å². The van der Waals surface area contributed by atoms with Gasteiger partial charge in [0, 0.05) is 24.7 Å². The number of carboxylic acids is 1. The molecule has 2 aromatic rings. The van der Waals surface area contributed by atoms with Crippen molar-refractivity contribution in [2.24, 2.45) is 22.3 Å². The third kappa shape index (κ3) is 14.6. The minimum atomic E-state index is -1.11. The number of benzene rings is 2. The second kappa shape index (κ2) is 19.9. The molecular formula is C24H36N8O5. The van der Waals surface area contributed by atoms with Gasteiger partial charge in [0.2, 0.25) is 0 Å². The van der Waals surface area contributed by atoms with Crippen molar-refractivity contribution in [3.8, 4) is 0 Å². The predicted octanol–water partition coefficient (Wildman–Crippen LogP) is 0.231. The lowest BCUT2D eigenvalue weighted by Crippen LogP contribution is -2.51. The number of aliphatic imine (C=N–C) groups is 1. The zero-order valence-electron chi connectivity index (χ0n) is 21.0. The van der Waals surface area contributed by atoms with Crippen molar-refractivity contribution in [3.63, 3.8) is 0 Å². The molecule has 1 atom stereocenters. The highest BCUT2D eigenvalue weighted by molar-refractivity contribution is 5.90. The van der Waals surface area contributed by atoms with E-state index < -0.39 is 18.0 Å². The van der Waals surface area contributed by atoms with Crippen LogP contribution >= 0.6 is 0 Å². The van der Waals surface area contributed by atoms with Crippen molar-refractivity contribution >= 4 is 30.5 Å². The van der Waals surface area contributed by atoms with Crippen molar-refractivity contribution in [3.05, 3.63) is 71.3 Å². The van der Waals surface area contributed by atoms with Gasteiger partial charge >= 0.3 is 12.0 Å². The third-order valence-electron chi connectivity index (χ3n) is 4.49. The Morgan fingerprint density at radius 2 is 1.51 bits per heavy atom. The van der Waals surface area contributed by atoms with E-state index in [9.17, 15) is 24.3 Å². The zero-order valence-corrected chi connectivity index (χ0v) is 21.0. The first-order chi connectivity index (χ1) is 17.7. The van der Waals surface area contributed by atoms with Crippen LogP contribution in [0.5, 0.6) is 0 Å². The molecular weight excluding hydrogens is 480 g/mol. The molecule has 0 aliphatic heterocycles. The van der Waals surface area contributed by atoms with Crippen molar-refractivity contribution in [2.75, 3.05) is 20.6 Å². The normalized spacial score (nSPS) is 10.2. The van der Waals surface area contributed by atoms with Crippen molar-refractivity contribution in [1.29, 1.82) is 0 Å². The molecule has 0 fully saturated rings. The molecule has 0 radical (unpaired) electrons. The topological polar surface area (TPSA) is 218 Å². The summed E-state index contributed by atoms with van der Waals surface area (Å²) in [7, 11) is 3.25. The average Bonchev–Trinajstić information content (AvgIpc) is 2.89. The van der Waals surface area contributed by atoms with Crippen molar-refractivity contribution < 1.29 is 24.3 Å². The van der Waals surface area contributed by atoms with E-state index in [-0.39, 0.29) is 12.4 Å². The first-order valence-electron chi connectivity index (χ1n) is 11.2. The number of amides is 2. The van der Waals surface area contributed by atoms with Gasteiger partial charge in [-0.2, -0.15) is 0 Å². The van der Waals surface area contributed by atoms with Gasteiger partial charge in [0.15, 0.2) is 18.5 Å². The molecule has 202 valence electrons. The van der Waals surface area contributed by atoms with E-state index in [1.807, 2.05) is 30.3 Å². The molecule has 0 bridgehead atoms. The number of hydrazine groups is 2. The molecule has 0 aliphatic rings. The van der Waals surface area contributed by atoms with E-state index >= 15 is 0 Å². The minimum Gasteiger partial charge on any atom is -0.480 e. The Morgan fingerprint density at radius 1 is 1.00 bits per heavy atom. The molecule has 13 heteroatoms. The minimum absolute atomic E-state index is 0.0462. The Hall–Kier alpha value is -4.33. The van der Waals surface area contributed by atoms with Crippen LogP contribution in [0, 0.1) is 0 Å². The molecule has 37 heavy (non-hydrogen) atoms. The van der Waals surface area contributed by atoms with Crippen LogP contribution in [0.4, 0.5) is 4.79 Å². The Kier molecular flexibility index (Phi) is 17.6. The van der Waals surface area contributed by atoms with E-state index in [0.29, 0.717) is 43.2 Å². The standard InChI is InChI=1S/C15H24N6O3.C8H6O2.CH6N2/c1-18-21(10-11-6-3-2-4-7-11)15(24)20-12(13(22)23)8-5-9-19-14(16)17;9-5-7-3-1-2-4-8(7)6-10;1-3-2/h2-4,6-7,12,18H,5,8-10H2,1H3,(H,20,24)(H,22,23)(H4,16,17,19);1-6H;3H,2H2,1H3. The quantitative estimate of drug-likeness (QED) is 0.0538. The number of rotatable bonds is 11. The van der Waals surface area contributed by atoms with E-state index in [2.05, 4.69) is 27.0 Å². The zero-order chi connectivity index (χ0) is 28.1. The van der Waals surface area contributed by atoms with Gasteiger partial charge in [-0.25, -0.2) is 15.0 Å². The number of carboxylic acid groups (broad SMARTS) is 1. The largest absolute Gasteiger partial charge is 0.480 e. The van der Waals surface area contributed by atoms with Gasteiger partial charge in [0.05, 0.1) is 6.54 Å². The fourth-order valence-corrected chi connectivity index (χ4v) is 2.73. The molecule has 0 aromatic heterocycles. The molecule has 0 saturated carbocycles. The fourth-order valence-electron chi connectivity index (χ4n) is 2.73. The molecule has 0 spiro atoms. The second-order valence-electron chi connectivity index (χ2n) is 7.24. The number of nitrogens with zero attached hydrogens (tertiary/aromatic N) is 2. The molecule has 0 heterocycles. The number of nitrogens with one attached hydrogen (secondary N) is 3. The van der Waals surface area contributed by atoms with Gasteiger partial charge in [-0.3, -0.25) is 30.9 Å². The van der Waals surface area contributed by atoms with Crippen LogP contribution in [0.2, 0.25) is 0 Å². The number of carbonyl (C=O) groups excluding carboxylic acids is 3. The first kappa shape index (κ1) is 32.7. The number of aliphatic carboxylic acids is 1. The lowest BCUT2D eigenvalue weighted by Gasteiger charge is -2.24. The Balaban J connectivity index is 0.000000819. The van der Waals surface area contributed by atoms with Crippen LogP contribution in [0.15, 0.2) is 59.6 Å². The summed E-state index contributed by atoms with van der Waals surface area (Å²) in [6.45, 7) is 0.616. The maximum absolute atomic E-state index is 12.3. The summed E-state index contributed by atoms with van der Waals surface area (Å²) in [5.74, 6) is 3.44. The number of urea groups is 1. The van der Waals surface area contributed by atoms with E-state index in [1.165, 1.54) is 5.01 Å². The maximum atomic E-state index is 12.3. The molecule has 2 amide bonds. The predicted molar refractivity (Wildman–Crippen MR) is 141 cm³/mol. The van der Waals surface area contributed by atoms with Crippen LogP contribution in [-0.2, 0) is 11.3 Å². The molecule has 2 rings (SSSR count). The number of carbonyl (C=O) groups is 4. The van der Waals surface area contributed by atoms with E-state index in [4.69, 9.17) is 11.5 Å². The molecule has 10 N–H and O–H groups in total. The number of nitrogens with two attached hydrogens (primary N) is 3. The summed E-state index contributed by atoms with van der Waals surface area (Å²) in [5.41, 5.74) is 17.2. The molecule has 2 aromatic carbocycles. The summed E-state index contributed by atoms with van der Waals surface area (Å²) in [4.78, 5) is 47.8. The summed E-state index contributed by atoms with van der Waals surface area (Å²) in [6, 6.07) is 14.5. The van der Waals surface area contributed by atoms with Crippen LogP contribution < -0.4 is 33.5 Å². The lowest BCUT2D eigenvalue weighted by atomic mass is 10.1. The maximum Gasteiger partial charge on any atom is 0.332 e. The Bertz CT molecular complexity index is 957. The van der Waals surface area contributed by atoms with E-state index in [0.717, 1.165) is 5.56 Å². The smallest absolute Gasteiger partial charge is 0.332 e. The van der Waals surface area contributed by atoms with Crippen LogP contribution in [-0.4, -0.2) is 67.3 Å². The van der Waals surface area contributed by atoms with Crippen molar-refractivity contribution in [1.82, 2.24) is 21.2 Å².